The molecular weight excluding hydrogens is 263 g/mol. The van der Waals surface area contributed by atoms with Gasteiger partial charge in [-0.3, -0.25) is 0 Å². The molecule has 0 N–H and O–H groups in total. The Hall–Kier alpha value is 0.270. The summed E-state index contributed by atoms with van der Waals surface area (Å²) in [6.07, 6.45) is 1.81. The van der Waals surface area contributed by atoms with Crippen molar-refractivity contribution in [1.82, 2.24) is 0 Å². The first-order chi connectivity index (χ1) is 5.57. The number of rotatable bonds is 1. The van der Waals surface area contributed by atoms with Crippen LogP contribution in [0.3, 0.4) is 0 Å². The van der Waals surface area contributed by atoms with Crippen LogP contribution < -0.4 is 0 Å². The second-order valence-electron chi connectivity index (χ2n) is 2.34. The van der Waals surface area contributed by atoms with Crippen LogP contribution in [0.2, 0.25) is 5.02 Å². The van der Waals surface area contributed by atoms with Crippen LogP contribution in [0.25, 0.3) is 0 Å². The van der Waals surface area contributed by atoms with E-state index in [2.05, 4.69) is 15.9 Å². The highest BCUT2D eigenvalue weighted by atomic mass is 79.9. The first kappa shape index (κ1) is 10.4. The molecule has 0 aromatic heterocycles. The Morgan fingerprint density at radius 1 is 1.58 bits per heavy atom. The molecule has 66 valence electrons. The third kappa shape index (κ3) is 1.78. The van der Waals surface area contributed by atoms with Gasteiger partial charge in [-0.2, -0.15) is 0 Å². The highest BCUT2D eigenvalue weighted by Crippen LogP contribution is 2.34. The van der Waals surface area contributed by atoms with E-state index in [1.54, 1.807) is 6.92 Å². The Bertz CT molecular complexity index is 314. The number of hydrogen-bond acceptors (Lipinski definition) is 1. The molecule has 0 heterocycles. The van der Waals surface area contributed by atoms with Gasteiger partial charge in [0.15, 0.2) is 5.82 Å². The van der Waals surface area contributed by atoms with Crippen molar-refractivity contribution in [1.29, 1.82) is 0 Å². The Kier molecular flexibility index (Phi) is 3.44. The van der Waals surface area contributed by atoms with Gasteiger partial charge in [0.2, 0.25) is 0 Å². The lowest BCUT2D eigenvalue weighted by molar-refractivity contribution is 0.599. The second-order valence-corrected chi connectivity index (χ2v) is 4.39. The molecule has 1 aromatic rings. The Morgan fingerprint density at radius 2 is 2.17 bits per heavy atom. The summed E-state index contributed by atoms with van der Waals surface area (Å²) >= 11 is 10.3. The lowest BCUT2D eigenvalue weighted by Gasteiger charge is -2.06. The van der Waals surface area contributed by atoms with Gasteiger partial charge in [-0.15, -0.1) is 11.8 Å². The zero-order valence-corrected chi connectivity index (χ0v) is 9.78. The van der Waals surface area contributed by atoms with E-state index in [-0.39, 0.29) is 10.8 Å². The summed E-state index contributed by atoms with van der Waals surface area (Å²) in [5.74, 6) is -0.337. The first-order valence-electron chi connectivity index (χ1n) is 3.26. The fraction of sp³-hybridized carbons (Fsp3) is 0.250. The number of halogens is 3. The molecule has 0 aliphatic rings. The van der Waals surface area contributed by atoms with Gasteiger partial charge in [0.05, 0.1) is 9.92 Å². The van der Waals surface area contributed by atoms with Crippen LogP contribution in [-0.4, -0.2) is 6.26 Å². The zero-order valence-electron chi connectivity index (χ0n) is 6.62. The summed E-state index contributed by atoms with van der Waals surface area (Å²) < 4.78 is 14.1. The standard InChI is InChI=1S/C8H7BrClFS/c1-4-3-5(9)8(12-2)7(11)6(4)10/h3H,1-2H3. The van der Waals surface area contributed by atoms with Crippen LogP contribution in [-0.2, 0) is 0 Å². The summed E-state index contributed by atoms with van der Waals surface area (Å²) in [7, 11) is 0. The highest BCUT2D eigenvalue weighted by Gasteiger charge is 2.12. The van der Waals surface area contributed by atoms with Gasteiger partial charge in [-0.1, -0.05) is 11.6 Å². The first-order valence-corrected chi connectivity index (χ1v) is 5.65. The van der Waals surface area contributed by atoms with Crippen molar-refractivity contribution >= 4 is 39.3 Å². The van der Waals surface area contributed by atoms with E-state index in [0.29, 0.717) is 4.90 Å². The second kappa shape index (κ2) is 3.99. The SMILES string of the molecule is CSc1c(Br)cc(C)c(Cl)c1F. The topological polar surface area (TPSA) is 0 Å². The van der Waals surface area contributed by atoms with Crippen LogP contribution in [0.1, 0.15) is 5.56 Å². The maximum atomic E-state index is 13.3. The largest absolute Gasteiger partial charge is 0.204 e. The van der Waals surface area contributed by atoms with Crippen LogP contribution in [0.5, 0.6) is 0 Å². The van der Waals surface area contributed by atoms with E-state index in [1.165, 1.54) is 11.8 Å². The molecule has 0 unspecified atom stereocenters. The van der Waals surface area contributed by atoms with E-state index in [4.69, 9.17) is 11.6 Å². The minimum absolute atomic E-state index is 0.211. The number of hydrogen-bond donors (Lipinski definition) is 0. The third-order valence-corrected chi connectivity index (χ3v) is 3.66. The Morgan fingerprint density at radius 3 is 2.67 bits per heavy atom. The third-order valence-electron chi connectivity index (χ3n) is 1.50. The molecule has 0 saturated carbocycles. The highest BCUT2D eigenvalue weighted by molar-refractivity contribution is 9.10. The van der Waals surface area contributed by atoms with Gasteiger partial charge in [-0.05, 0) is 40.7 Å². The van der Waals surface area contributed by atoms with Gasteiger partial charge in [-0.25, -0.2) is 4.39 Å². The fourth-order valence-corrected chi connectivity index (χ4v) is 2.63. The van der Waals surface area contributed by atoms with E-state index in [9.17, 15) is 4.39 Å². The fourth-order valence-electron chi connectivity index (χ4n) is 0.884. The van der Waals surface area contributed by atoms with E-state index >= 15 is 0 Å². The van der Waals surface area contributed by atoms with Crippen LogP contribution >= 0.6 is 39.3 Å². The summed E-state index contributed by atoms with van der Waals surface area (Å²) in [6.45, 7) is 1.78. The molecule has 4 heteroatoms. The van der Waals surface area contributed by atoms with Crippen molar-refractivity contribution in [2.45, 2.75) is 11.8 Å². The summed E-state index contributed by atoms with van der Waals surface area (Å²) in [4.78, 5) is 0.561. The van der Waals surface area contributed by atoms with Crippen molar-refractivity contribution in [2.24, 2.45) is 0 Å². The molecule has 0 bridgehead atoms. The van der Waals surface area contributed by atoms with Gasteiger partial charge in [0.1, 0.15) is 0 Å². The van der Waals surface area contributed by atoms with Gasteiger partial charge >= 0.3 is 0 Å². The number of thioether (sulfide) groups is 1. The van der Waals surface area contributed by atoms with E-state index in [1.807, 2.05) is 12.3 Å². The van der Waals surface area contributed by atoms with Gasteiger partial charge < -0.3 is 0 Å². The number of aryl methyl sites for hydroxylation is 1. The number of benzene rings is 1. The smallest absolute Gasteiger partial charge is 0.156 e. The molecule has 0 nitrogen and oxygen atoms in total. The van der Waals surface area contributed by atoms with Crippen molar-refractivity contribution in [3.8, 4) is 0 Å². The molecule has 0 fully saturated rings. The molecule has 12 heavy (non-hydrogen) atoms. The van der Waals surface area contributed by atoms with Crippen LogP contribution in [0, 0.1) is 12.7 Å². The minimum atomic E-state index is -0.337. The lowest BCUT2D eigenvalue weighted by Crippen LogP contribution is -1.87. The molecule has 1 aromatic carbocycles. The monoisotopic (exact) mass is 268 g/mol. The average molecular weight is 270 g/mol. The molecule has 0 radical (unpaired) electrons. The molecule has 0 aliphatic heterocycles. The molecule has 1 rings (SSSR count). The average Bonchev–Trinajstić information content (AvgIpc) is 2.01. The molecule has 0 amide bonds. The van der Waals surface area contributed by atoms with Crippen molar-refractivity contribution in [3.63, 3.8) is 0 Å². The zero-order chi connectivity index (χ0) is 9.30. The lowest BCUT2D eigenvalue weighted by atomic mass is 10.2. The Balaban J connectivity index is 3.40. The molecule has 0 aliphatic carbocycles. The minimum Gasteiger partial charge on any atom is -0.204 e. The summed E-state index contributed by atoms with van der Waals surface area (Å²) in [5.41, 5.74) is 0.749. The maximum absolute atomic E-state index is 13.3. The van der Waals surface area contributed by atoms with Crippen molar-refractivity contribution < 1.29 is 4.39 Å². The maximum Gasteiger partial charge on any atom is 0.156 e. The molecule has 0 saturated heterocycles. The predicted molar refractivity (Wildman–Crippen MR) is 55.6 cm³/mol. The summed E-state index contributed by atoms with van der Waals surface area (Å²) in [6, 6.07) is 1.82. The molecular formula is C8H7BrClFS. The van der Waals surface area contributed by atoms with Gasteiger partial charge in [0.25, 0.3) is 0 Å². The van der Waals surface area contributed by atoms with Crippen LogP contribution in [0.4, 0.5) is 4.39 Å². The Labute approximate surface area is 88.6 Å². The predicted octanol–water partition coefficient (Wildman–Crippen LogP) is 4.27. The normalized spacial score (nSPS) is 10.4. The quantitative estimate of drug-likeness (QED) is 0.542. The molecule has 0 spiro atoms. The molecule has 0 atom stereocenters. The van der Waals surface area contributed by atoms with E-state index in [0.717, 1.165) is 10.0 Å². The van der Waals surface area contributed by atoms with Gasteiger partial charge in [0, 0.05) is 4.47 Å². The van der Waals surface area contributed by atoms with Crippen molar-refractivity contribution in [2.75, 3.05) is 6.26 Å². The van der Waals surface area contributed by atoms with Crippen molar-refractivity contribution in [3.05, 3.63) is 26.9 Å². The van der Waals surface area contributed by atoms with Crippen LogP contribution in [0.15, 0.2) is 15.4 Å². The summed E-state index contributed by atoms with van der Waals surface area (Å²) in [5, 5.41) is 0.211. The van der Waals surface area contributed by atoms with E-state index < -0.39 is 0 Å².